The van der Waals surface area contributed by atoms with Crippen molar-refractivity contribution in [1.29, 1.82) is 0 Å². The van der Waals surface area contributed by atoms with Gasteiger partial charge in [-0.25, -0.2) is 4.79 Å². The molecule has 0 radical (unpaired) electrons. The van der Waals surface area contributed by atoms with Crippen LogP contribution in [0, 0.1) is 0 Å². The molecule has 0 unspecified atom stereocenters. The van der Waals surface area contributed by atoms with E-state index in [-0.39, 0.29) is 5.97 Å². The fourth-order valence-corrected chi connectivity index (χ4v) is 2.34. The Morgan fingerprint density at radius 1 is 1.06 bits per heavy atom. The predicted octanol–water partition coefficient (Wildman–Crippen LogP) is 3.42. The van der Waals surface area contributed by atoms with E-state index in [0.29, 0.717) is 11.3 Å². The van der Waals surface area contributed by atoms with Gasteiger partial charge >= 0.3 is 5.97 Å². The van der Waals surface area contributed by atoms with E-state index in [2.05, 4.69) is 0 Å². The van der Waals surface area contributed by atoms with E-state index in [0.717, 1.165) is 10.4 Å². The molecule has 16 heavy (non-hydrogen) atoms. The summed E-state index contributed by atoms with van der Waals surface area (Å²) in [6.07, 6.45) is 1.90. The number of benzene rings is 1. The molecule has 1 aliphatic rings. The van der Waals surface area contributed by atoms with Gasteiger partial charge in [0.25, 0.3) is 0 Å². The van der Waals surface area contributed by atoms with Crippen molar-refractivity contribution >= 4 is 29.1 Å². The van der Waals surface area contributed by atoms with Crippen LogP contribution in [0.4, 0.5) is 0 Å². The van der Waals surface area contributed by atoms with Crippen LogP contribution in [0.5, 0.6) is 0 Å². The molecule has 3 rings (SSSR count). The number of hydrogen-bond donors (Lipinski definition) is 0. The Hall–Kier alpha value is -1.87. The van der Waals surface area contributed by atoms with Gasteiger partial charge in [-0.3, -0.25) is 0 Å². The van der Waals surface area contributed by atoms with Gasteiger partial charge in [-0.2, -0.15) is 0 Å². The second kappa shape index (κ2) is 3.61. The molecule has 0 spiro atoms. The van der Waals surface area contributed by atoms with Crippen molar-refractivity contribution in [2.45, 2.75) is 0 Å². The first-order valence-electron chi connectivity index (χ1n) is 4.91. The van der Waals surface area contributed by atoms with Crippen LogP contribution in [0.1, 0.15) is 20.8 Å². The molecule has 1 aromatic carbocycles. The Balaban J connectivity index is 2.10. The topological polar surface area (TPSA) is 26.3 Å². The molecule has 0 aliphatic carbocycles. The van der Waals surface area contributed by atoms with Gasteiger partial charge in [0.15, 0.2) is 0 Å². The van der Waals surface area contributed by atoms with Gasteiger partial charge < -0.3 is 4.74 Å². The lowest BCUT2D eigenvalue weighted by atomic mass is 10.1. The molecule has 0 N–H and O–H groups in total. The molecule has 78 valence electrons. The Kier molecular flexibility index (Phi) is 2.11. The molecule has 0 fully saturated rings. The van der Waals surface area contributed by atoms with Gasteiger partial charge in [0.2, 0.25) is 0 Å². The normalized spacial score (nSPS) is 16.2. The van der Waals surface area contributed by atoms with Crippen LogP contribution < -0.4 is 0 Å². The maximum atomic E-state index is 11.5. The van der Waals surface area contributed by atoms with Crippen LogP contribution in [0.15, 0.2) is 41.8 Å². The molecule has 2 aromatic rings. The lowest BCUT2D eigenvalue weighted by molar-refractivity contribution is 0.0717. The summed E-state index contributed by atoms with van der Waals surface area (Å²) < 4.78 is 5.23. The highest BCUT2D eigenvalue weighted by molar-refractivity contribution is 7.10. The molecule has 3 heteroatoms. The third-order valence-electron chi connectivity index (χ3n) is 2.43. The average molecular weight is 228 g/mol. The molecule has 0 amide bonds. The van der Waals surface area contributed by atoms with Crippen molar-refractivity contribution in [1.82, 2.24) is 0 Å². The number of carbonyl (C=O) groups excluding carboxylic acids is 1. The van der Waals surface area contributed by atoms with Gasteiger partial charge in [0, 0.05) is 10.4 Å². The number of carbonyl (C=O) groups is 1. The van der Waals surface area contributed by atoms with Crippen LogP contribution in [0.25, 0.3) is 11.8 Å². The molecule has 2 nitrogen and oxygen atoms in total. The summed E-state index contributed by atoms with van der Waals surface area (Å²) in [6.45, 7) is 0. The summed E-state index contributed by atoms with van der Waals surface area (Å²) >= 11 is 1.62. The number of ether oxygens (including phenoxy) is 1. The van der Waals surface area contributed by atoms with Gasteiger partial charge in [-0.05, 0) is 23.6 Å². The van der Waals surface area contributed by atoms with E-state index in [4.69, 9.17) is 4.74 Å². The minimum absolute atomic E-state index is 0.265. The van der Waals surface area contributed by atoms with Crippen LogP contribution >= 0.6 is 11.3 Å². The molecule has 0 bridgehead atoms. The van der Waals surface area contributed by atoms with Crippen LogP contribution in [-0.2, 0) is 4.74 Å². The van der Waals surface area contributed by atoms with Crippen LogP contribution in [-0.4, -0.2) is 5.97 Å². The van der Waals surface area contributed by atoms with Gasteiger partial charge in [0.05, 0.1) is 5.56 Å². The Bertz CT molecular complexity index is 567. The SMILES string of the molecule is O=C1OC(=Cc2cccs2)c2ccccc21. The monoisotopic (exact) mass is 228 g/mol. The third kappa shape index (κ3) is 1.46. The Morgan fingerprint density at radius 2 is 1.88 bits per heavy atom. The van der Waals surface area contributed by atoms with Gasteiger partial charge in [-0.1, -0.05) is 24.3 Å². The van der Waals surface area contributed by atoms with Crippen molar-refractivity contribution in [2.75, 3.05) is 0 Å². The van der Waals surface area contributed by atoms with Crippen molar-refractivity contribution in [2.24, 2.45) is 0 Å². The Labute approximate surface area is 96.8 Å². The highest BCUT2D eigenvalue weighted by Gasteiger charge is 2.25. The van der Waals surface area contributed by atoms with E-state index >= 15 is 0 Å². The predicted molar refractivity (Wildman–Crippen MR) is 64.0 cm³/mol. The molecule has 2 heterocycles. The smallest absolute Gasteiger partial charge is 0.344 e. The molecule has 1 aliphatic heterocycles. The summed E-state index contributed by atoms with van der Waals surface area (Å²) in [4.78, 5) is 12.6. The fraction of sp³-hybridized carbons (Fsp3) is 0. The first kappa shape index (κ1) is 9.36. The average Bonchev–Trinajstić information content (AvgIpc) is 2.90. The first-order chi connectivity index (χ1) is 7.84. The third-order valence-corrected chi connectivity index (χ3v) is 3.25. The number of cyclic esters (lactones) is 1. The first-order valence-corrected chi connectivity index (χ1v) is 5.79. The Morgan fingerprint density at radius 3 is 2.62 bits per heavy atom. The maximum Gasteiger partial charge on any atom is 0.344 e. The zero-order valence-corrected chi connectivity index (χ0v) is 9.16. The second-order valence-electron chi connectivity index (χ2n) is 3.46. The summed E-state index contributed by atoms with van der Waals surface area (Å²) in [6, 6.07) is 11.4. The highest BCUT2D eigenvalue weighted by atomic mass is 32.1. The van der Waals surface area contributed by atoms with E-state index in [1.165, 1.54) is 0 Å². The zero-order chi connectivity index (χ0) is 11.0. The summed E-state index contributed by atoms with van der Waals surface area (Å²) in [5.41, 5.74) is 1.52. The van der Waals surface area contributed by atoms with E-state index in [1.807, 2.05) is 41.8 Å². The molecule has 0 atom stereocenters. The van der Waals surface area contributed by atoms with E-state index in [9.17, 15) is 4.79 Å². The lowest BCUT2D eigenvalue weighted by Gasteiger charge is -1.96. The highest BCUT2D eigenvalue weighted by Crippen LogP contribution is 2.31. The van der Waals surface area contributed by atoms with Gasteiger partial charge in [-0.15, -0.1) is 11.3 Å². The lowest BCUT2D eigenvalue weighted by Crippen LogP contribution is -1.92. The van der Waals surface area contributed by atoms with Crippen molar-refractivity contribution in [3.05, 3.63) is 57.8 Å². The summed E-state index contributed by atoms with van der Waals surface area (Å²) in [5.74, 6) is 0.376. The molecular formula is C13H8O2S. The number of rotatable bonds is 1. The number of fused-ring (bicyclic) bond motifs is 1. The number of thiophene rings is 1. The fourth-order valence-electron chi connectivity index (χ4n) is 1.70. The molecule has 0 saturated heterocycles. The van der Waals surface area contributed by atoms with Crippen molar-refractivity contribution in [3.8, 4) is 0 Å². The maximum absolute atomic E-state index is 11.5. The second-order valence-corrected chi connectivity index (χ2v) is 4.44. The molecule has 1 aromatic heterocycles. The minimum atomic E-state index is -0.265. The van der Waals surface area contributed by atoms with Gasteiger partial charge in [0.1, 0.15) is 5.76 Å². The van der Waals surface area contributed by atoms with Crippen molar-refractivity contribution < 1.29 is 9.53 Å². The molecule has 0 saturated carbocycles. The number of esters is 1. The largest absolute Gasteiger partial charge is 0.422 e. The quantitative estimate of drug-likeness (QED) is 0.699. The van der Waals surface area contributed by atoms with Crippen molar-refractivity contribution in [3.63, 3.8) is 0 Å². The van der Waals surface area contributed by atoms with E-state index < -0.39 is 0 Å². The number of hydrogen-bond acceptors (Lipinski definition) is 3. The molecular weight excluding hydrogens is 220 g/mol. The summed E-state index contributed by atoms with van der Waals surface area (Å²) in [7, 11) is 0. The zero-order valence-electron chi connectivity index (χ0n) is 8.34. The minimum Gasteiger partial charge on any atom is -0.422 e. The summed E-state index contributed by atoms with van der Waals surface area (Å²) in [5, 5.41) is 2.00. The van der Waals surface area contributed by atoms with E-state index in [1.54, 1.807) is 17.4 Å². The van der Waals surface area contributed by atoms with Crippen LogP contribution in [0.2, 0.25) is 0 Å². The van der Waals surface area contributed by atoms with Crippen LogP contribution in [0.3, 0.4) is 0 Å². The standard InChI is InChI=1S/C13H8O2S/c14-13-11-6-2-1-5-10(11)12(15-13)8-9-4-3-7-16-9/h1-8H.